The number of nitrogens with one attached hydrogen (secondary N) is 2. The zero-order valence-corrected chi connectivity index (χ0v) is 25.1. The van der Waals surface area contributed by atoms with Gasteiger partial charge in [0.05, 0.1) is 22.6 Å². The van der Waals surface area contributed by atoms with E-state index in [0.717, 1.165) is 78.2 Å². The summed E-state index contributed by atoms with van der Waals surface area (Å²) in [6, 6.07) is 14.9. The normalized spacial score (nSPS) is 15.9. The van der Waals surface area contributed by atoms with E-state index in [1.807, 2.05) is 42.7 Å². The number of benzene rings is 1. The molecule has 0 bridgehead atoms. The number of ether oxygens (including phenoxy) is 1. The van der Waals surface area contributed by atoms with E-state index in [-0.39, 0.29) is 5.82 Å². The Balaban J connectivity index is 1.09. The summed E-state index contributed by atoms with van der Waals surface area (Å²) in [5.74, 6) is 0.153. The van der Waals surface area contributed by atoms with Gasteiger partial charge in [0.15, 0.2) is 0 Å². The Bertz CT molecular complexity index is 1970. The first-order valence-electron chi connectivity index (χ1n) is 15.8. The van der Waals surface area contributed by atoms with Gasteiger partial charge < -0.3 is 9.72 Å². The molecule has 2 aliphatic heterocycles. The van der Waals surface area contributed by atoms with Crippen LogP contribution >= 0.6 is 0 Å². The maximum absolute atomic E-state index is 14.8. The maximum Gasteiger partial charge on any atom is 0.135 e. The third-order valence-electron chi connectivity index (χ3n) is 8.93. The highest BCUT2D eigenvalue weighted by molar-refractivity contribution is 5.99. The molecule has 1 aromatic carbocycles. The van der Waals surface area contributed by atoms with Crippen LogP contribution in [0.2, 0.25) is 0 Å². The van der Waals surface area contributed by atoms with E-state index in [2.05, 4.69) is 41.0 Å². The molecule has 10 heteroatoms. The molecule has 0 unspecified atom stereocenters. The lowest BCUT2D eigenvalue weighted by Gasteiger charge is -2.15. The third kappa shape index (κ3) is 5.79. The number of hydrogen-bond acceptors (Lipinski definition) is 7. The maximum atomic E-state index is 14.8. The van der Waals surface area contributed by atoms with Gasteiger partial charge in [-0.05, 0) is 99.9 Å². The second-order valence-corrected chi connectivity index (χ2v) is 12.1. The van der Waals surface area contributed by atoms with Gasteiger partial charge in [0.25, 0.3) is 0 Å². The predicted molar refractivity (Wildman–Crippen MR) is 173 cm³/mol. The predicted octanol–water partition coefficient (Wildman–Crippen LogP) is 6.44. The minimum Gasteiger partial charge on any atom is -0.492 e. The van der Waals surface area contributed by atoms with Crippen molar-refractivity contribution in [2.75, 3.05) is 39.3 Å². The Kier molecular flexibility index (Phi) is 7.44. The van der Waals surface area contributed by atoms with Gasteiger partial charge in [-0.3, -0.25) is 24.9 Å². The van der Waals surface area contributed by atoms with Crippen molar-refractivity contribution in [3.05, 3.63) is 78.5 Å². The van der Waals surface area contributed by atoms with E-state index in [0.29, 0.717) is 29.3 Å². The zero-order valence-electron chi connectivity index (χ0n) is 25.1. The number of likely N-dealkylation sites (tertiary alicyclic amines) is 2. The molecule has 2 saturated heterocycles. The van der Waals surface area contributed by atoms with E-state index in [1.54, 1.807) is 6.20 Å². The van der Waals surface area contributed by atoms with Crippen LogP contribution < -0.4 is 4.74 Å². The monoisotopic (exact) mass is 602 g/mol. The zero-order chi connectivity index (χ0) is 30.2. The van der Waals surface area contributed by atoms with Crippen molar-refractivity contribution in [2.24, 2.45) is 0 Å². The summed E-state index contributed by atoms with van der Waals surface area (Å²) in [6.45, 7) is 6.76. The molecular weight excluding hydrogens is 567 g/mol. The van der Waals surface area contributed by atoms with Crippen molar-refractivity contribution in [1.82, 2.24) is 39.9 Å². The number of H-pyrrole nitrogens is 2. The first-order chi connectivity index (χ1) is 22.2. The Morgan fingerprint density at radius 2 is 1.67 bits per heavy atom. The molecule has 0 saturated carbocycles. The van der Waals surface area contributed by atoms with Crippen LogP contribution in [0.25, 0.3) is 55.8 Å². The molecule has 0 radical (unpaired) electrons. The molecule has 2 N–H and O–H groups in total. The van der Waals surface area contributed by atoms with Crippen molar-refractivity contribution in [3.63, 3.8) is 0 Å². The third-order valence-corrected chi connectivity index (χ3v) is 8.93. The molecule has 5 aromatic heterocycles. The average molecular weight is 603 g/mol. The molecule has 2 aliphatic rings. The number of fused-ring (bicyclic) bond motifs is 2. The lowest BCUT2D eigenvalue weighted by atomic mass is 10.1. The molecule has 7 heterocycles. The Labute approximate surface area is 260 Å². The van der Waals surface area contributed by atoms with Crippen LogP contribution in [0.5, 0.6) is 5.75 Å². The first kappa shape index (κ1) is 27.8. The molecule has 228 valence electrons. The van der Waals surface area contributed by atoms with Crippen LogP contribution in [0.4, 0.5) is 4.39 Å². The van der Waals surface area contributed by atoms with Crippen LogP contribution in [0.3, 0.4) is 0 Å². The van der Waals surface area contributed by atoms with Gasteiger partial charge in [-0.15, -0.1) is 0 Å². The minimum atomic E-state index is -0.354. The van der Waals surface area contributed by atoms with Gasteiger partial charge in [-0.2, -0.15) is 5.10 Å². The number of rotatable bonds is 9. The topological polar surface area (TPSA) is 98.8 Å². The minimum absolute atomic E-state index is 0.354. The highest BCUT2D eigenvalue weighted by atomic mass is 19.1. The first-order valence-corrected chi connectivity index (χ1v) is 15.8. The number of nitrogens with zero attached hydrogens (tertiary/aromatic N) is 6. The summed E-state index contributed by atoms with van der Waals surface area (Å²) in [5, 5.41) is 8.63. The molecular formula is C35H35FN8O. The summed E-state index contributed by atoms with van der Waals surface area (Å²) in [5.41, 5.74) is 8.34. The second-order valence-electron chi connectivity index (χ2n) is 12.1. The van der Waals surface area contributed by atoms with Crippen LogP contribution in [0.15, 0.2) is 67.1 Å². The molecule has 0 spiro atoms. The van der Waals surface area contributed by atoms with Crippen LogP contribution in [-0.4, -0.2) is 79.3 Å². The van der Waals surface area contributed by atoms with E-state index < -0.39 is 0 Å². The number of pyridine rings is 3. The number of aromatic nitrogens is 6. The van der Waals surface area contributed by atoms with Crippen molar-refractivity contribution >= 4 is 21.9 Å². The van der Waals surface area contributed by atoms with Crippen LogP contribution in [-0.2, 0) is 6.54 Å². The van der Waals surface area contributed by atoms with E-state index in [9.17, 15) is 4.39 Å². The van der Waals surface area contributed by atoms with Crippen molar-refractivity contribution in [1.29, 1.82) is 0 Å². The summed E-state index contributed by atoms with van der Waals surface area (Å²) in [6.07, 6.45) is 10.5. The lowest BCUT2D eigenvalue weighted by Crippen LogP contribution is -2.25. The smallest absolute Gasteiger partial charge is 0.135 e. The molecule has 0 amide bonds. The SMILES string of the molecule is Fc1cc(OCCN2CCCC2)cc(-c2nccc3[nH]c(-c4n[nH]c5ccc(-c6cncc(CN7CCCC7)c6)nc45)cc23)c1. The Morgan fingerprint density at radius 1 is 0.822 bits per heavy atom. The van der Waals surface area contributed by atoms with Gasteiger partial charge in [-0.25, -0.2) is 9.37 Å². The van der Waals surface area contributed by atoms with E-state index in [4.69, 9.17) is 9.72 Å². The fraction of sp³-hybridized carbons (Fsp3) is 0.314. The molecule has 9 nitrogen and oxygen atoms in total. The number of hydrogen-bond donors (Lipinski definition) is 2. The second kappa shape index (κ2) is 12.0. The van der Waals surface area contributed by atoms with Crippen LogP contribution in [0.1, 0.15) is 31.2 Å². The van der Waals surface area contributed by atoms with Gasteiger partial charge in [0.2, 0.25) is 0 Å². The van der Waals surface area contributed by atoms with Crippen molar-refractivity contribution in [3.8, 4) is 39.7 Å². The summed E-state index contributed by atoms with van der Waals surface area (Å²) < 4.78 is 20.8. The molecule has 0 atom stereocenters. The fourth-order valence-corrected chi connectivity index (χ4v) is 6.65. The largest absolute Gasteiger partial charge is 0.492 e. The molecule has 8 rings (SSSR count). The van der Waals surface area contributed by atoms with E-state index in [1.165, 1.54) is 43.4 Å². The molecule has 45 heavy (non-hydrogen) atoms. The highest BCUT2D eigenvalue weighted by Gasteiger charge is 2.18. The van der Waals surface area contributed by atoms with Crippen LogP contribution in [0, 0.1) is 5.82 Å². The van der Waals surface area contributed by atoms with Gasteiger partial charge in [0, 0.05) is 59.8 Å². The van der Waals surface area contributed by atoms with Crippen molar-refractivity contribution < 1.29 is 9.13 Å². The number of aromatic amines is 2. The van der Waals surface area contributed by atoms with Gasteiger partial charge in [-0.1, -0.05) is 0 Å². The molecule has 6 aromatic rings. The summed E-state index contributed by atoms with van der Waals surface area (Å²) in [7, 11) is 0. The van der Waals surface area contributed by atoms with E-state index >= 15 is 0 Å². The fourth-order valence-electron chi connectivity index (χ4n) is 6.65. The quantitative estimate of drug-likeness (QED) is 0.197. The van der Waals surface area contributed by atoms with Crippen molar-refractivity contribution in [2.45, 2.75) is 32.2 Å². The summed E-state index contributed by atoms with van der Waals surface area (Å²) in [4.78, 5) is 22.6. The molecule has 2 fully saturated rings. The average Bonchev–Trinajstić information content (AvgIpc) is 3.88. The van der Waals surface area contributed by atoms with Gasteiger partial charge in [0.1, 0.15) is 29.4 Å². The Morgan fingerprint density at radius 3 is 2.53 bits per heavy atom. The molecule has 0 aliphatic carbocycles. The van der Waals surface area contributed by atoms with Gasteiger partial charge >= 0.3 is 0 Å². The standard InChI is InChI=1S/C35H35FN8O/c36-26-16-24(17-27(18-26)45-14-13-43-9-1-2-10-43)33-28-19-32(39-30(28)7-8-38-33)35-34-31(41-42-35)6-5-29(40-34)25-15-23(20-37-21-25)22-44-11-3-4-12-44/h5-8,15-21,39H,1-4,9-14,22H2,(H,41,42). The highest BCUT2D eigenvalue weighted by Crippen LogP contribution is 2.34. The lowest BCUT2D eigenvalue weighted by molar-refractivity contribution is 0.237. The Hall–Kier alpha value is -4.67. The number of halogens is 1. The summed E-state index contributed by atoms with van der Waals surface area (Å²) >= 11 is 0.